The Bertz CT molecular complexity index is 446. The van der Waals surface area contributed by atoms with Crippen molar-refractivity contribution in [3.05, 3.63) is 30.1 Å². The van der Waals surface area contributed by atoms with Gasteiger partial charge in [-0.25, -0.2) is 4.39 Å². The standard InChI is InChI=1S/C15H22FNO3/c1-4-15(19,5-2)10-17-14(18)11(3)20-13-8-6-7-12(16)9-13/h6-9,11,19H,4-5,10H2,1-3H3,(H,17,18). The third kappa shape index (κ3) is 4.81. The molecule has 1 unspecified atom stereocenters. The summed E-state index contributed by atoms with van der Waals surface area (Å²) in [6.07, 6.45) is 0.362. The zero-order chi connectivity index (χ0) is 15.2. The lowest BCUT2D eigenvalue weighted by Gasteiger charge is -2.26. The fourth-order valence-electron chi connectivity index (χ4n) is 1.69. The van der Waals surface area contributed by atoms with Crippen molar-refractivity contribution in [2.24, 2.45) is 0 Å². The van der Waals surface area contributed by atoms with Crippen molar-refractivity contribution in [3.8, 4) is 5.75 Å². The summed E-state index contributed by atoms with van der Waals surface area (Å²) in [7, 11) is 0. The van der Waals surface area contributed by atoms with Gasteiger partial charge < -0.3 is 15.2 Å². The quantitative estimate of drug-likeness (QED) is 0.807. The van der Waals surface area contributed by atoms with Crippen molar-refractivity contribution in [1.29, 1.82) is 0 Å². The molecule has 1 aromatic rings. The smallest absolute Gasteiger partial charge is 0.260 e. The molecule has 20 heavy (non-hydrogen) atoms. The van der Waals surface area contributed by atoms with E-state index >= 15 is 0 Å². The van der Waals surface area contributed by atoms with E-state index < -0.39 is 17.5 Å². The number of carbonyl (C=O) groups is 1. The molecule has 0 saturated heterocycles. The maximum absolute atomic E-state index is 13.0. The molecule has 4 nitrogen and oxygen atoms in total. The lowest BCUT2D eigenvalue weighted by molar-refractivity contribution is -0.128. The molecule has 5 heteroatoms. The van der Waals surface area contributed by atoms with E-state index in [1.54, 1.807) is 13.0 Å². The van der Waals surface area contributed by atoms with Gasteiger partial charge in [0.15, 0.2) is 6.10 Å². The van der Waals surface area contributed by atoms with E-state index in [1.807, 2.05) is 13.8 Å². The second-order valence-electron chi connectivity index (χ2n) is 4.87. The second-order valence-corrected chi connectivity index (χ2v) is 4.87. The van der Waals surface area contributed by atoms with Gasteiger partial charge in [0.25, 0.3) is 5.91 Å². The minimum absolute atomic E-state index is 0.176. The van der Waals surface area contributed by atoms with Gasteiger partial charge in [0.1, 0.15) is 11.6 Å². The number of amides is 1. The first-order chi connectivity index (χ1) is 9.40. The second kappa shape index (κ2) is 7.24. The molecule has 1 atom stereocenters. The van der Waals surface area contributed by atoms with Gasteiger partial charge in [-0.05, 0) is 31.9 Å². The molecule has 1 rings (SSSR count). The zero-order valence-corrected chi connectivity index (χ0v) is 12.1. The van der Waals surface area contributed by atoms with E-state index in [0.29, 0.717) is 18.6 Å². The van der Waals surface area contributed by atoms with Crippen LogP contribution in [0, 0.1) is 5.82 Å². The number of nitrogens with one attached hydrogen (secondary N) is 1. The zero-order valence-electron chi connectivity index (χ0n) is 12.1. The maximum Gasteiger partial charge on any atom is 0.260 e. The third-order valence-electron chi connectivity index (χ3n) is 3.39. The average molecular weight is 283 g/mol. The summed E-state index contributed by atoms with van der Waals surface area (Å²) in [5.41, 5.74) is -0.895. The molecule has 1 amide bonds. The molecule has 0 bridgehead atoms. The van der Waals surface area contributed by atoms with Gasteiger partial charge in [-0.15, -0.1) is 0 Å². The summed E-state index contributed by atoms with van der Waals surface area (Å²) in [4.78, 5) is 11.9. The number of aliphatic hydroxyl groups is 1. The number of hydrogen-bond acceptors (Lipinski definition) is 3. The molecule has 0 spiro atoms. The molecule has 0 saturated carbocycles. The van der Waals surface area contributed by atoms with Crippen LogP contribution in [0.4, 0.5) is 4.39 Å². The third-order valence-corrected chi connectivity index (χ3v) is 3.39. The van der Waals surface area contributed by atoms with Crippen molar-refractivity contribution in [2.45, 2.75) is 45.3 Å². The van der Waals surface area contributed by atoms with Crippen LogP contribution in [0.15, 0.2) is 24.3 Å². The summed E-state index contributed by atoms with van der Waals surface area (Å²) in [5.74, 6) is -0.454. The van der Waals surface area contributed by atoms with Gasteiger partial charge in [-0.2, -0.15) is 0 Å². The summed E-state index contributed by atoms with van der Waals surface area (Å²) < 4.78 is 18.4. The first-order valence-electron chi connectivity index (χ1n) is 6.82. The van der Waals surface area contributed by atoms with Gasteiger partial charge in [0, 0.05) is 12.6 Å². The Morgan fingerprint density at radius 3 is 2.65 bits per heavy atom. The molecule has 0 fully saturated rings. The van der Waals surface area contributed by atoms with Gasteiger partial charge >= 0.3 is 0 Å². The summed E-state index contributed by atoms with van der Waals surface area (Å²) in [5, 5.41) is 12.7. The van der Waals surface area contributed by atoms with E-state index in [4.69, 9.17) is 4.74 Å². The van der Waals surface area contributed by atoms with Crippen molar-refractivity contribution in [1.82, 2.24) is 5.32 Å². The van der Waals surface area contributed by atoms with Crippen molar-refractivity contribution < 1.29 is 19.0 Å². The Kier molecular flexibility index (Phi) is 5.95. The molecule has 0 aliphatic heterocycles. The molecule has 1 aromatic carbocycles. The van der Waals surface area contributed by atoms with Crippen LogP contribution < -0.4 is 10.1 Å². The summed E-state index contributed by atoms with van der Waals surface area (Å²) in [6, 6.07) is 5.63. The van der Waals surface area contributed by atoms with E-state index in [-0.39, 0.29) is 12.5 Å². The first kappa shape index (κ1) is 16.4. The molecule has 0 aromatic heterocycles. The maximum atomic E-state index is 13.0. The number of rotatable bonds is 7. The van der Waals surface area contributed by atoms with Crippen LogP contribution >= 0.6 is 0 Å². The van der Waals surface area contributed by atoms with Crippen LogP contribution in [0.25, 0.3) is 0 Å². The molecule has 0 aliphatic rings. The fourth-order valence-corrected chi connectivity index (χ4v) is 1.69. The van der Waals surface area contributed by atoms with Gasteiger partial charge in [0.05, 0.1) is 5.60 Å². The minimum atomic E-state index is -0.895. The normalized spacial score (nSPS) is 12.8. The van der Waals surface area contributed by atoms with Crippen LogP contribution in [0.1, 0.15) is 33.6 Å². The van der Waals surface area contributed by atoms with E-state index in [2.05, 4.69) is 5.32 Å². The van der Waals surface area contributed by atoms with Crippen LogP contribution in [0.5, 0.6) is 5.75 Å². The SMILES string of the molecule is CCC(O)(CC)CNC(=O)C(C)Oc1cccc(F)c1. The van der Waals surface area contributed by atoms with Crippen LogP contribution in [-0.2, 0) is 4.79 Å². The number of carbonyl (C=O) groups excluding carboxylic acids is 1. The molecule has 2 N–H and O–H groups in total. The monoisotopic (exact) mass is 283 g/mol. The minimum Gasteiger partial charge on any atom is -0.481 e. The van der Waals surface area contributed by atoms with Crippen LogP contribution in [0.3, 0.4) is 0 Å². The molecule has 0 heterocycles. The lowest BCUT2D eigenvalue weighted by atomic mass is 9.97. The predicted molar refractivity (Wildman–Crippen MR) is 75.0 cm³/mol. The number of halogens is 1. The van der Waals surface area contributed by atoms with Gasteiger partial charge in [-0.1, -0.05) is 19.9 Å². The highest BCUT2D eigenvalue weighted by Crippen LogP contribution is 2.15. The number of hydrogen-bond donors (Lipinski definition) is 2. The topological polar surface area (TPSA) is 58.6 Å². The van der Waals surface area contributed by atoms with Crippen molar-refractivity contribution in [2.75, 3.05) is 6.54 Å². The van der Waals surface area contributed by atoms with E-state index in [9.17, 15) is 14.3 Å². The summed E-state index contributed by atoms with van der Waals surface area (Å²) >= 11 is 0. The number of benzene rings is 1. The highest BCUT2D eigenvalue weighted by Gasteiger charge is 2.24. The van der Waals surface area contributed by atoms with Crippen molar-refractivity contribution >= 4 is 5.91 Å². The van der Waals surface area contributed by atoms with E-state index in [0.717, 1.165) is 0 Å². The first-order valence-corrected chi connectivity index (χ1v) is 6.82. The Morgan fingerprint density at radius 1 is 1.45 bits per heavy atom. The number of ether oxygens (including phenoxy) is 1. The Hall–Kier alpha value is -1.62. The molecule has 112 valence electrons. The fraction of sp³-hybridized carbons (Fsp3) is 0.533. The van der Waals surface area contributed by atoms with Gasteiger partial charge in [0.2, 0.25) is 0 Å². The molecular weight excluding hydrogens is 261 g/mol. The molecular formula is C15H22FNO3. The van der Waals surface area contributed by atoms with Crippen LogP contribution in [0.2, 0.25) is 0 Å². The van der Waals surface area contributed by atoms with Crippen molar-refractivity contribution in [3.63, 3.8) is 0 Å². The molecule has 0 radical (unpaired) electrons. The van der Waals surface area contributed by atoms with Crippen LogP contribution in [-0.4, -0.2) is 29.3 Å². The Labute approximate surface area is 119 Å². The lowest BCUT2D eigenvalue weighted by Crippen LogP contribution is -2.46. The van der Waals surface area contributed by atoms with E-state index in [1.165, 1.54) is 18.2 Å². The highest BCUT2D eigenvalue weighted by molar-refractivity contribution is 5.80. The highest BCUT2D eigenvalue weighted by atomic mass is 19.1. The van der Waals surface area contributed by atoms with Gasteiger partial charge in [-0.3, -0.25) is 4.79 Å². The Balaban J connectivity index is 2.51. The summed E-state index contributed by atoms with van der Waals surface area (Å²) in [6.45, 7) is 5.48. The Morgan fingerprint density at radius 2 is 2.10 bits per heavy atom. The molecule has 0 aliphatic carbocycles. The predicted octanol–water partition coefficient (Wildman–Crippen LogP) is 2.26. The largest absolute Gasteiger partial charge is 0.481 e. The average Bonchev–Trinajstić information content (AvgIpc) is 2.44.